The Morgan fingerprint density at radius 2 is 2.20 bits per heavy atom. The van der Waals surface area contributed by atoms with Gasteiger partial charge in [-0.25, -0.2) is 0 Å². The zero-order chi connectivity index (χ0) is 11.4. The SMILES string of the molecule is CC(CC(=O)O)Nc1ccc(Br)cc1Br. The molecule has 1 atom stereocenters. The van der Waals surface area contributed by atoms with Crippen LogP contribution in [-0.4, -0.2) is 17.1 Å². The topological polar surface area (TPSA) is 49.3 Å². The van der Waals surface area contributed by atoms with Gasteiger partial charge in [0, 0.05) is 20.7 Å². The third-order valence-corrected chi connectivity index (χ3v) is 2.96. The minimum absolute atomic E-state index is 0.0972. The molecule has 0 aromatic heterocycles. The van der Waals surface area contributed by atoms with E-state index in [-0.39, 0.29) is 12.5 Å². The maximum Gasteiger partial charge on any atom is 0.305 e. The van der Waals surface area contributed by atoms with Crippen molar-refractivity contribution in [3.05, 3.63) is 27.1 Å². The molecule has 0 saturated carbocycles. The van der Waals surface area contributed by atoms with Crippen LogP contribution in [0.4, 0.5) is 5.69 Å². The Hall–Kier alpha value is -0.550. The second-order valence-electron chi connectivity index (χ2n) is 3.27. The number of rotatable bonds is 4. The van der Waals surface area contributed by atoms with Crippen molar-refractivity contribution in [1.82, 2.24) is 0 Å². The normalized spacial score (nSPS) is 12.2. The molecule has 0 aliphatic carbocycles. The largest absolute Gasteiger partial charge is 0.481 e. The predicted molar refractivity (Wildman–Crippen MR) is 67.2 cm³/mol. The predicted octanol–water partition coefficient (Wildman–Crippen LogP) is 3.49. The van der Waals surface area contributed by atoms with Crippen molar-refractivity contribution < 1.29 is 9.90 Å². The molecule has 0 spiro atoms. The minimum Gasteiger partial charge on any atom is -0.481 e. The van der Waals surface area contributed by atoms with Crippen LogP contribution >= 0.6 is 31.9 Å². The Bertz CT molecular complexity index is 368. The van der Waals surface area contributed by atoms with Gasteiger partial charge in [-0.3, -0.25) is 4.79 Å². The van der Waals surface area contributed by atoms with E-state index >= 15 is 0 Å². The summed E-state index contributed by atoms with van der Waals surface area (Å²) in [5.41, 5.74) is 0.895. The van der Waals surface area contributed by atoms with Gasteiger partial charge in [0.2, 0.25) is 0 Å². The molecule has 0 heterocycles. The standard InChI is InChI=1S/C10H11Br2NO2/c1-6(4-10(14)15)13-9-3-2-7(11)5-8(9)12/h2-3,5-6,13H,4H2,1H3,(H,14,15). The number of carboxylic acid groups (broad SMARTS) is 1. The molecule has 15 heavy (non-hydrogen) atoms. The molecular formula is C10H11Br2NO2. The lowest BCUT2D eigenvalue weighted by molar-refractivity contribution is -0.137. The van der Waals surface area contributed by atoms with E-state index in [1.165, 1.54) is 0 Å². The monoisotopic (exact) mass is 335 g/mol. The average Bonchev–Trinajstić information content (AvgIpc) is 2.08. The van der Waals surface area contributed by atoms with Gasteiger partial charge in [0.1, 0.15) is 0 Å². The molecule has 2 N–H and O–H groups in total. The molecule has 0 aliphatic rings. The third-order valence-electron chi connectivity index (χ3n) is 1.81. The molecule has 5 heteroatoms. The first-order valence-electron chi connectivity index (χ1n) is 4.42. The van der Waals surface area contributed by atoms with E-state index in [0.29, 0.717) is 0 Å². The van der Waals surface area contributed by atoms with Gasteiger partial charge in [0.25, 0.3) is 0 Å². The molecule has 82 valence electrons. The van der Waals surface area contributed by atoms with Crippen LogP contribution in [-0.2, 0) is 4.79 Å². The lowest BCUT2D eigenvalue weighted by Gasteiger charge is -2.14. The van der Waals surface area contributed by atoms with E-state index in [2.05, 4.69) is 37.2 Å². The molecule has 1 rings (SSSR count). The van der Waals surface area contributed by atoms with Crippen LogP contribution in [0.1, 0.15) is 13.3 Å². The molecule has 1 aromatic carbocycles. The molecule has 0 amide bonds. The summed E-state index contributed by atoms with van der Waals surface area (Å²) in [5, 5.41) is 11.7. The van der Waals surface area contributed by atoms with Crippen molar-refractivity contribution in [2.45, 2.75) is 19.4 Å². The highest BCUT2D eigenvalue weighted by atomic mass is 79.9. The summed E-state index contributed by atoms with van der Waals surface area (Å²) in [6.07, 6.45) is 0.0997. The van der Waals surface area contributed by atoms with Crippen LogP contribution in [0, 0.1) is 0 Å². The third kappa shape index (κ3) is 4.22. The van der Waals surface area contributed by atoms with Gasteiger partial charge in [-0.15, -0.1) is 0 Å². The van der Waals surface area contributed by atoms with Gasteiger partial charge in [-0.2, -0.15) is 0 Å². The van der Waals surface area contributed by atoms with E-state index in [1.807, 2.05) is 25.1 Å². The number of nitrogens with one attached hydrogen (secondary N) is 1. The fourth-order valence-corrected chi connectivity index (χ4v) is 2.35. The zero-order valence-corrected chi connectivity index (χ0v) is 11.3. The van der Waals surface area contributed by atoms with Crippen molar-refractivity contribution in [3.8, 4) is 0 Å². The highest BCUT2D eigenvalue weighted by Crippen LogP contribution is 2.26. The maximum atomic E-state index is 10.5. The second kappa shape index (κ2) is 5.51. The summed E-state index contributed by atoms with van der Waals surface area (Å²) in [5.74, 6) is -0.803. The Kier molecular flexibility index (Phi) is 4.60. The molecule has 1 aromatic rings. The average molecular weight is 337 g/mol. The van der Waals surface area contributed by atoms with E-state index in [1.54, 1.807) is 0 Å². The van der Waals surface area contributed by atoms with Gasteiger partial charge >= 0.3 is 5.97 Å². The van der Waals surface area contributed by atoms with Crippen molar-refractivity contribution in [2.75, 3.05) is 5.32 Å². The first kappa shape index (κ1) is 12.5. The Morgan fingerprint density at radius 3 is 2.73 bits per heavy atom. The van der Waals surface area contributed by atoms with Gasteiger partial charge in [0.05, 0.1) is 6.42 Å². The van der Waals surface area contributed by atoms with E-state index in [4.69, 9.17) is 5.11 Å². The lowest BCUT2D eigenvalue weighted by atomic mass is 10.2. The number of halogens is 2. The molecule has 0 radical (unpaired) electrons. The summed E-state index contributed by atoms with van der Waals surface area (Å²) < 4.78 is 1.89. The minimum atomic E-state index is -0.803. The second-order valence-corrected chi connectivity index (χ2v) is 5.04. The summed E-state index contributed by atoms with van der Waals surface area (Å²) in [4.78, 5) is 10.5. The Balaban J connectivity index is 2.68. The highest BCUT2D eigenvalue weighted by molar-refractivity contribution is 9.11. The van der Waals surface area contributed by atoms with Crippen LogP contribution in [0.5, 0.6) is 0 Å². The number of hydrogen-bond acceptors (Lipinski definition) is 2. The van der Waals surface area contributed by atoms with Gasteiger partial charge in [-0.1, -0.05) is 15.9 Å². The van der Waals surface area contributed by atoms with Crippen LogP contribution in [0.2, 0.25) is 0 Å². The van der Waals surface area contributed by atoms with Gasteiger partial charge in [0.15, 0.2) is 0 Å². The van der Waals surface area contributed by atoms with Crippen LogP contribution in [0.25, 0.3) is 0 Å². The van der Waals surface area contributed by atoms with Gasteiger partial charge < -0.3 is 10.4 Å². The molecule has 0 aliphatic heterocycles. The highest BCUT2D eigenvalue weighted by Gasteiger charge is 2.08. The smallest absolute Gasteiger partial charge is 0.305 e. The van der Waals surface area contributed by atoms with Crippen molar-refractivity contribution in [2.24, 2.45) is 0 Å². The first-order chi connectivity index (χ1) is 6.99. The lowest BCUT2D eigenvalue weighted by Crippen LogP contribution is -2.19. The maximum absolute atomic E-state index is 10.5. The van der Waals surface area contributed by atoms with Crippen molar-refractivity contribution in [1.29, 1.82) is 0 Å². The number of hydrogen-bond donors (Lipinski definition) is 2. The first-order valence-corrected chi connectivity index (χ1v) is 6.01. The summed E-state index contributed by atoms with van der Waals surface area (Å²) in [7, 11) is 0. The summed E-state index contributed by atoms with van der Waals surface area (Å²) in [6.45, 7) is 1.84. The van der Waals surface area contributed by atoms with Crippen LogP contribution in [0.15, 0.2) is 27.1 Å². The number of aliphatic carboxylic acids is 1. The molecule has 1 unspecified atom stereocenters. The van der Waals surface area contributed by atoms with Crippen LogP contribution < -0.4 is 5.32 Å². The molecule has 0 fully saturated rings. The van der Waals surface area contributed by atoms with Crippen LogP contribution in [0.3, 0.4) is 0 Å². The number of benzene rings is 1. The summed E-state index contributed by atoms with van der Waals surface area (Å²) in [6, 6.07) is 5.61. The van der Waals surface area contributed by atoms with Crippen molar-refractivity contribution in [3.63, 3.8) is 0 Å². The number of anilines is 1. The Morgan fingerprint density at radius 1 is 1.53 bits per heavy atom. The van der Waals surface area contributed by atoms with E-state index in [0.717, 1.165) is 14.6 Å². The fourth-order valence-electron chi connectivity index (χ4n) is 1.18. The fraction of sp³-hybridized carbons (Fsp3) is 0.300. The van der Waals surface area contributed by atoms with Crippen molar-refractivity contribution >= 4 is 43.5 Å². The number of carboxylic acids is 1. The molecule has 0 saturated heterocycles. The number of carbonyl (C=O) groups is 1. The summed E-state index contributed by atoms with van der Waals surface area (Å²) >= 11 is 6.75. The molecule has 3 nitrogen and oxygen atoms in total. The quantitative estimate of drug-likeness (QED) is 0.884. The van der Waals surface area contributed by atoms with E-state index < -0.39 is 5.97 Å². The zero-order valence-electron chi connectivity index (χ0n) is 8.13. The Labute approximate surface area is 105 Å². The molecular weight excluding hydrogens is 326 g/mol. The van der Waals surface area contributed by atoms with E-state index in [9.17, 15) is 4.79 Å². The molecule has 0 bridgehead atoms. The van der Waals surface area contributed by atoms with Gasteiger partial charge in [-0.05, 0) is 41.1 Å².